The molecule has 0 bridgehead atoms. The number of rotatable bonds is 3. The highest BCUT2D eigenvalue weighted by atomic mass is 15.1. The zero-order valence-corrected chi connectivity index (χ0v) is 13.4. The van der Waals surface area contributed by atoms with Gasteiger partial charge in [-0.25, -0.2) is 0 Å². The molecule has 0 spiro atoms. The van der Waals surface area contributed by atoms with E-state index in [4.69, 9.17) is 0 Å². The molecular formula is C19H23N3. The molecule has 1 aliphatic rings. The Bertz CT molecular complexity index is 796. The number of H-pyrrole nitrogens is 1. The quantitative estimate of drug-likeness (QED) is 0.785. The third-order valence-corrected chi connectivity index (χ3v) is 4.87. The Morgan fingerprint density at radius 3 is 2.95 bits per heavy atom. The summed E-state index contributed by atoms with van der Waals surface area (Å²) < 4.78 is 2.55. The van der Waals surface area contributed by atoms with E-state index in [0.717, 1.165) is 32.5 Å². The van der Waals surface area contributed by atoms with Gasteiger partial charge in [0.2, 0.25) is 0 Å². The van der Waals surface area contributed by atoms with Gasteiger partial charge in [0.05, 0.1) is 0 Å². The van der Waals surface area contributed by atoms with Crippen LogP contribution in [0.1, 0.15) is 22.5 Å². The van der Waals surface area contributed by atoms with Crippen LogP contribution in [0.25, 0.3) is 10.9 Å². The molecule has 22 heavy (non-hydrogen) atoms. The lowest BCUT2D eigenvalue weighted by Crippen LogP contribution is -2.27. The van der Waals surface area contributed by atoms with E-state index in [1.807, 2.05) is 6.20 Å². The van der Waals surface area contributed by atoms with E-state index in [0.29, 0.717) is 0 Å². The van der Waals surface area contributed by atoms with Crippen molar-refractivity contribution in [1.82, 2.24) is 14.5 Å². The van der Waals surface area contributed by atoms with Crippen LogP contribution in [0.5, 0.6) is 0 Å². The van der Waals surface area contributed by atoms with Crippen LogP contribution >= 0.6 is 0 Å². The summed E-state index contributed by atoms with van der Waals surface area (Å²) >= 11 is 0. The number of nitrogens with one attached hydrogen (secondary N) is 1. The normalized spacial score (nSPS) is 15.4. The van der Waals surface area contributed by atoms with Gasteiger partial charge >= 0.3 is 0 Å². The number of aromatic amines is 1. The smallest absolute Gasteiger partial charge is 0.0486 e. The predicted octanol–water partition coefficient (Wildman–Crippen LogP) is 3.51. The standard InChI is InChI=1S/C19H23N3/c1-14-5-6-18-16(12-14)17-13-21(2)10-8-19(17)22(18)11-7-15-4-3-9-20-15/h3-6,9,12,20H,7-8,10-11,13H2,1-2H3. The van der Waals surface area contributed by atoms with Crippen molar-refractivity contribution in [1.29, 1.82) is 0 Å². The van der Waals surface area contributed by atoms with Crippen molar-refractivity contribution >= 4 is 10.9 Å². The number of likely N-dealkylation sites (N-methyl/N-ethyl adjacent to an activating group) is 1. The number of fused-ring (bicyclic) bond motifs is 3. The van der Waals surface area contributed by atoms with Gasteiger partial charge in [0.25, 0.3) is 0 Å². The maximum Gasteiger partial charge on any atom is 0.0486 e. The monoisotopic (exact) mass is 293 g/mol. The van der Waals surface area contributed by atoms with Gasteiger partial charge in [-0.3, -0.25) is 0 Å². The van der Waals surface area contributed by atoms with Gasteiger partial charge in [-0.15, -0.1) is 0 Å². The molecule has 0 unspecified atom stereocenters. The molecule has 0 fully saturated rings. The van der Waals surface area contributed by atoms with Crippen molar-refractivity contribution < 1.29 is 0 Å². The minimum Gasteiger partial charge on any atom is -0.365 e. The molecule has 0 radical (unpaired) electrons. The first-order valence-electron chi connectivity index (χ1n) is 8.14. The molecule has 0 atom stereocenters. The van der Waals surface area contributed by atoms with Crippen molar-refractivity contribution in [3.63, 3.8) is 0 Å². The molecule has 2 aromatic heterocycles. The fourth-order valence-electron chi connectivity index (χ4n) is 3.71. The van der Waals surface area contributed by atoms with Crippen molar-refractivity contribution in [3.8, 4) is 0 Å². The van der Waals surface area contributed by atoms with E-state index < -0.39 is 0 Å². The molecule has 0 aliphatic carbocycles. The Labute approximate surface area is 131 Å². The molecule has 3 heterocycles. The SMILES string of the molecule is Cc1ccc2c(c1)c1c(n2CCc2ccc[nH]2)CCN(C)C1. The second kappa shape index (κ2) is 5.33. The van der Waals surface area contributed by atoms with Crippen LogP contribution in [0, 0.1) is 6.92 Å². The van der Waals surface area contributed by atoms with Crippen LogP contribution in [-0.2, 0) is 25.9 Å². The Morgan fingerprint density at radius 2 is 2.14 bits per heavy atom. The summed E-state index contributed by atoms with van der Waals surface area (Å²) in [4.78, 5) is 5.75. The lowest BCUT2D eigenvalue weighted by atomic mass is 10.0. The highest BCUT2D eigenvalue weighted by Gasteiger charge is 2.22. The van der Waals surface area contributed by atoms with Crippen molar-refractivity contribution in [2.75, 3.05) is 13.6 Å². The molecule has 3 nitrogen and oxygen atoms in total. The first-order chi connectivity index (χ1) is 10.7. The van der Waals surface area contributed by atoms with Gasteiger partial charge in [0, 0.05) is 61.0 Å². The zero-order valence-electron chi connectivity index (χ0n) is 13.4. The molecule has 114 valence electrons. The van der Waals surface area contributed by atoms with E-state index in [-0.39, 0.29) is 0 Å². The van der Waals surface area contributed by atoms with E-state index in [1.54, 1.807) is 11.3 Å². The van der Waals surface area contributed by atoms with Crippen LogP contribution in [0.4, 0.5) is 0 Å². The van der Waals surface area contributed by atoms with Crippen LogP contribution in [0.15, 0.2) is 36.5 Å². The highest BCUT2D eigenvalue weighted by molar-refractivity contribution is 5.86. The molecule has 0 saturated carbocycles. The lowest BCUT2D eigenvalue weighted by molar-refractivity contribution is 0.309. The van der Waals surface area contributed by atoms with Gasteiger partial charge < -0.3 is 14.5 Å². The molecule has 1 aliphatic heterocycles. The molecule has 1 aromatic carbocycles. The fraction of sp³-hybridized carbons (Fsp3) is 0.368. The lowest BCUT2D eigenvalue weighted by Gasteiger charge is -2.24. The van der Waals surface area contributed by atoms with Crippen LogP contribution < -0.4 is 0 Å². The van der Waals surface area contributed by atoms with Gasteiger partial charge in [-0.1, -0.05) is 11.6 Å². The molecule has 0 saturated heterocycles. The molecule has 4 rings (SSSR count). The van der Waals surface area contributed by atoms with Crippen LogP contribution in [0.3, 0.4) is 0 Å². The van der Waals surface area contributed by atoms with Crippen molar-refractivity contribution in [2.24, 2.45) is 0 Å². The van der Waals surface area contributed by atoms with Crippen LogP contribution in [0.2, 0.25) is 0 Å². The number of aryl methyl sites for hydroxylation is 3. The van der Waals surface area contributed by atoms with E-state index in [9.17, 15) is 0 Å². The van der Waals surface area contributed by atoms with E-state index in [2.05, 4.69) is 58.8 Å². The summed E-state index contributed by atoms with van der Waals surface area (Å²) in [5, 5.41) is 1.45. The first kappa shape index (κ1) is 13.6. The molecular weight excluding hydrogens is 270 g/mol. The highest BCUT2D eigenvalue weighted by Crippen LogP contribution is 2.31. The summed E-state index contributed by atoms with van der Waals surface area (Å²) in [5.41, 5.74) is 7.15. The maximum absolute atomic E-state index is 3.32. The third kappa shape index (κ3) is 2.26. The Hall–Kier alpha value is -2.00. The minimum absolute atomic E-state index is 1.05. The summed E-state index contributed by atoms with van der Waals surface area (Å²) in [5.74, 6) is 0. The number of aromatic nitrogens is 2. The Morgan fingerprint density at radius 1 is 1.23 bits per heavy atom. The summed E-state index contributed by atoms with van der Waals surface area (Å²) in [6.07, 6.45) is 4.23. The van der Waals surface area contributed by atoms with E-state index in [1.165, 1.54) is 22.2 Å². The van der Waals surface area contributed by atoms with Crippen LogP contribution in [-0.4, -0.2) is 28.0 Å². The molecule has 1 N–H and O–H groups in total. The van der Waals surface area contributed by atoms with Gasteiger partial charge in [0.15, 0.2) is 0 Å². The largest absolute Gasteiger partial charge is 0.365 e. The van der Waals surface area contributed by atoms with Gasteiger partial charge in [-0.05, 0) is 43.8 Å². The number of benzene rings is 1. The zero-order chi connectivity index (χ0) is 15.1. The fourth-order valence-corrected chi connectivity index (χ4v) is 3.71. The summed E-state index contributed by atoms with van der Waals surface area (Å²) in [7, 11) is 2.22. The molecule has 3 heteroatoms. The minimum atomic E-state index is 1.05. The first-order valence-corrected chi connectivity index (χ1v) is 8.14. The molecule has 0 amide bonds. The second-order valence-electron chi connectivity index (χ2n) is 6.53. The average Bonchev–Trinajstić information content (AvgIpc) is 3.11. The van der Waals surface area contributed by atoms with Crippen molar-refractivity contribution in [2.45, 2.75) is 32.9 Å². The van der Waals surface area contributed by atoms with E-state index >= 15 is 0 Å². The topological polar surface area (TPSA) is 24.0 Å². The van der Waals surface area contributed by atoms with Gasteiger partial charge in [0.1, 0.15) is 0 Å². The third-order valence-electron chi connectivity index (χ3n) is 4.87. The second-order valence-corrected chi connectivity index (χ2v) is 6.53. The predicted molar refractivity (Wildman–Crippen MR) is 91.2 cm³/mol. The summed E-state index contributed by atoms with van der Waals surface area (Å²) in [6, 6.07) is 11.2. The summed E-state index contributed by atoms with van der Waals surface area (Å²) in [6.45, 7) is 5.48. The Balaban J connectivity index is 1.79. The van der Waals surface area contributed by atoms with Crippen molar-refractivity contribution in [3.05, 3.63) is 59.0 Å². The molecule has 3 aromatic rings. The maximum atomic E-state index is 3.32. The number of nitrogens with zero attached hydrogens (tertiary/aromatic N) is 2. The Kier molecular flexibility index (Phi) is 3.30. The average molecular weight is 293 g/mol. The number of hydrogen-bond acceptors (Lipinski definition) is 1. The number of hydrogen-bond donors (Lipinski definition) is 1. The van der Waals surface area contributed by atoms with Gasteiger partial charge in [-0.2, -0.15) is 0 Å².